The molecule has 244 valence electrons. The van der Waals surface area contributed by atoms with Crippen molar-refractivity contribution in [2.75, 3.05) is 4.90 Å². The van der Waals surface area contributed by atoms with Crippen molar-refractivity contribution in [1.29, 1.82) is 0 Å². The lowest BCUT2D eigenvalue weighted by Crippen LogP contribution is -2.10. The summed E-state index contributed by atoms with van der Waals surface area (Å²) in [6, 6.07) is 59.9. The van der Waals surface area contributed by atoms with Crippen LogP contribution in [0.1, 0.15) is 0 Å². The summed E-state index contributed by atoms with van der Waals surface area (Å²) in [4.78, 5) is 7.19. The summed E-state index contributed by atoms with van der Waals surface area (Å²) in [5.41, 5.74) is 9.65. The molecule has 5 heteroatoms. The minimum Gasteiger partial charge on any atom is -0.456 e. The van der Waals surface area contributed by atoms with Crippen molar-refractivity contribution < 1.29 is 8.83 Å². The highest BCUT2D eigenvalue weighted by atomic mass is 32.1. The van der Waals surface area contributed by atoms with Gasteiger partial charge in [0.15, 0.2) is 5.58 Å². The van der Waals surface area contributed by atoms with E-state index in [0.717, 1.165) is 50.1 Å². The lowest BCUT2D eigenvalue weighted by molar-refractivity contribution is 0.617. The fourth-order valence-electron chi connectivity index (χ4n) is 7.67. The van der Waals surface area contributed by atoms with Crippen LogP contribution >= 0.6 is 11.3 Å². The SMILES string of the molecule is c1ccc(-c2nc3cc4c(cc3o2)oc2cc(N(c3ccc(-c5cccc6ccccc56)cc3)c3cccc5sc6ccccc6c35)ccc24)cc1. The average molecular weight is 685 g/mol. The fourth-order valence-corrected chi connectivity index (χ4v) is 8.79. The molecule has 8 aromatic carbocycles. The molecule has 3 heterocycles. The second kappa shape index (κ2) is 11.4. The Bertz CT molecular complexity index is 3130. The lowest BCUT2D eigenvalue weighted by atomic mass is 9.98. The zero-order valence-electron chi connectivity index (χ0n) is 27.8. The number of anilines is 3. The fraction of sp³-hybridized carbons (Fsp3) is 0. The van der Waals surface area contributed by atoms with Gasteiger partial charge in [0, 0.05) is 60.0 Å². The van der Waals surface area contributed by atoms with Crippen molar-refractivity contribution in [2.45, 2.75) is 0 Å². The second-order valence-electron chi connectivity index (χ2n) is 13.1. The molecule has 0 aliphatic rings. The second-order valence-corrected chi connectivity index (χ2v) is 14.2. The topological polar surface area (TPSA) is 42.4 Å². The first-order valence-corrected chi connectivity index (χ1v) is 18.2. The Hall–Kier alpha value is -6.69. The van der Waals surface area contributed by atoms with E-state index in [1.165, 1.54) is 42.1 Å². The summed E-state index contributed by atoms with van der Waals surface area (Å²) < 4.78 is 15.3. The van der Waals surface area contributed by atoms with E-state index in [4.69, 9.17) is 13.8 Å². The first-order chi connectivity index (χ1) is 25.7. The van der Waals surface area contributed by atoms with E-state index in [-0.39, 0.29) is 0 Å². The Morgan fingerprint density at radius 2 is 1.19 bits per heavy atom. The molecule has 0 spiro atoms. The van der Waals surface area contributed by atoms with Crippen molar-refractivity contribution >= 4 is 92.4 Å². The van der Waals surface area contributed by atoms with Gasteiger partial charge in [0.25, 0.3) is 0 Å². The Balaban J connectivity index is 1.08. The molecular weight excluding hydrogens is 657 g/mol. The monoisotopic (exact) mass is 684 g/mol. The maximum Gasteiger partial charge on any atom is 0.227 e. The van der Waals surface area contributed by atoms with Gasteiger partial charge in [-0.3, -0.25) is 0 Å². The Morgan fingerprint density at radius 3 is 2.10 bits per heavy atom. The first-order valence-electron chi connectivity index (χ1n) is 17.4. The third-order valence-corrected chi connectivity index (χ3v) is 11.2. The number of furan rings is 1. The number of hydrogen-bond donors (Lipinski definition) is 0. The Morgan fingerprint density at radius 1 is 0.462 bits per heavy atom. The number of nitrogens with zero attached hydrogens (tertiary/aromatic N) is 2. The average Bonchev–Trinajstić information content (AvgIpc) is 3.90. The maximum atomic E-state index is 6.59. The van der Waals surface area contributed by atoms with E-state index in [9.17, 15) is 0 Å². The smallest absolute Gasteiger partial charge is 0.227 e. The molecule has 0 radical (unpaired) electrons. The molecule has 0 aliphatic carbocycles. The summed E-state index contributed by atoms with van der Waals surface area (Å²) in [6.45, 7) is 0. The molecule has 11 aromatic rings. The summed E-state index contributed by atoms with van der Waals surface area (Å²) in [6.07, 6.45) is 0. The van der Waals surface area contributed by atoms with E-state index in [0.29, 0.717) is 11.5 Å². The van der Waals surface area contributed by atoms with Gasteiger partial charge in [-0.1, -0.05) is 97.1 Å². The van der Waals surface area contributed by atoms with Crippen molar-refractivity contribution in [2.24, 2.45) is 0 Å². The van der Waals surface area contributed by atoms with Gasteiger partial charge in [0.2, 0.25) is 5.89 Å². The standard InChI is InChI=1S/C47H28N2O2S/c1-2-11-31(12-3-1)47-48-39-27-38-36-25-24-33(26-41(36)50-42(38)28-43(39)51-47)49(40-17-9-19-45-46(40)37-15-6-7-18-44(37)52-45)32-22-20-30(21-23-32)35-16-8-13-29-10-4-5-14-34(29)35/h1-28H. The number of thiophene rings is 1. The van der Waals surface area contributed by atoms with Crippen molar-refractivity contribution in [1.82, 2.24) is 4.98 Å². The maximum absolute atomic E-state index is 6.59. The van der Waals surface area contributed by atoms with Crippen LogP contribution in [0.15, 0.2) is 179 Å². The first kappa shape index (κ1) is 29.1. The third-order valence-electron chi connectivity index (χ3n) is 10.1. The number of rotatable bonds is 5. The van der Waals surface area contributed by atoms with Gasteiger partial charge < -0.3 is 13.7 Å². The van der Waals surface area contributed by atoms with Gasteiger partial charge in [-0.15, -0.1) is 11.3 Å². The van der Waals surface area contributed by atoms with E-state index in [1.807, 2.05) is 47.7 Å². The zero-order valence-corrected chi connectivity index (χ0v) is 28.6. The Kier molecular flexibility index (Phi) is 6.39. The molecule has 52 heavy (non-hydrogen) atoms. The summed E-state index contributed by atoms with van der Waals surface area (Å²) in [7, 11) is 0. The predicted molar refractivity (Wildman–Crippen MR) is 217 cm³/mol. The molecule has 0 bridgehead atoms. The normalized spacial score (nSPS) is 11.8. The minimum absolute atomic E-state index is 0.604. The molecule has 0 N–H and O–H groups in total. The third kappa shape index (κ3) is 4.57. The lowest BCUT2D eigenvalue weighted by Gasteiger charge is -2.26. The highest BCUT2D eigenvalue weighted by molar-refractivity contribution is 7.26. The molecular formula is C47H28N2O2S. The molecule has 0 aliphatic heterocycles. The molecule has 0 atom stereocenters. The minimum atomic E-state index is 0.604. The number of hydrogen-bond acceptors (Lipinski definition) is 5. The molecule has 0 amide bonds. The van der Waals surface area contributed by atoms with E-state index in [1.54, 1.807) is 0 Å². The van der Waals surface area contributed by atoms with Crippen molar-refractivity contribution in [3.05, 3.63) is 170 Å². The molecule has 0 fully saturated rings. The molecule has 0 saturated heterocycles. The van der Waals surface area contributed by atoms with Gasteiger partial charge >= 0.3 is 0 Å². The number of benzene rings is 8. The van der Waals surface area contributed by atoms with Gasteiger partial charge in [-0.25, -0.2) is 4.98 Å². The molecule has 4 nitrogen and oxygen atoms in total. The zero-order chi connectivity index (χ0) is 34.2. The van der Waals surface area contributed by atoms with Crippen LogP contribution in [0, 0.1) is 0 Å². The van der Waals surface area contributed by atoms with Gasteiger partial charge in [0.05, 0.1) is 5.69 Å². The van der Waals surface area contributed by atoms with E-state index < -0.39 is 0 Å². The highest BCUT2D eigenvalue weighted by Crippen LogP contribution is 2.46. The highest BCUT2D eigenvalue weighted by Gasteiger charge is 2.21. The van der Waals surface area contributed by atoms with Gasteiger partial charge in [0.1, 0.15) is 16.7 Å². The molecule has 3 aromatic heterocycles. The van der Waals surface area contributed by atoms with Crippen LogP contribution < -0.4 is 4.90 Å². The predicted octanol–water partition coefficient (Wildman–Crippen LogP) is 14.1. The summed E-state index contributed by atoms with van der Waals surface area (Å²) >= 11 is 1.83. The Labute approximate surface area is 302 Å². The van der Waals surface area contributed by atoms with Crippen LogP contribution in [-0.2, 0) is 0 Å². The van der Waals surface area contributed by atoms with Crippen LogP contribution in [-0.4, -0.2) is 4.98 Å². The quantitative estimate of drug-likeness (QED) is 0.181. The summed E-state index contributed by atoms with van der Waals surface area (Å²) in [5.74, 6) is 0.604. The van der Waals surface area contributed by atoms with Gasteiger partial charge in [-0.05, 0) is 82.6 Å². The van der Waals surface area contributed by atoms with E-state index >= 15 is 0 Å². The molecule has 0 unspecified atom stereocenters. The molecule has 11 rings (SSSR count). The molecule has 0 saturated carbocycles. The van der Waals surface area contributed by atoms with Crippen molar-refractivity contribution in [3.63, 3.8) is 0 Å². The summed E-state index contributed by atoms with van der Waals surface area (Å²) in [5, 5.41) is 7.03. The van der Waals surface area contributed by atoms with Crippen LogP contribution in [0.25, 0.3) is 86.6 Å². The largest absolute Gasteiger partial charge is 0.456 e. The number of oxazole rings is 1. The van der Waals surface area contributed by atoms with Crippen LogP contribution in [0.2, 0.25) is 0 Å². The number of aromatic nitrogens is 1. The van der Waals surface area contributed by atoms with E-state index in [2.05, 4.69) is 138 Å². The number of fused-ring (bicyclic) bond motifs is 8. The van der Waals surface area contributed by atoms with Crippen LogP contribution in [0.5, 0.6) is 0 Å². The van der Waals surface area contributed by atoms with Gasteiger partial charge in [-0.2, -0.15) is 0 Å². The van der Waals surface area contributed by atoms with Crippen LogP contribution in [0.4, 0.5) is 17.1 Å². The van der Waals surface area contributed by atoms with Crippen molar-refractivity contribution in [3.8, 4) is 22.6 Å². The van der Waals surface area contributed by atoms with Crippen LogP contribution in [0.3, 0.4) is 0 Å².